The molecule has 0 aliphatic heterocycles. The van der Waals surface area contributed by atoms with Gasteiger partial charge in [-0.15, -0.1) is 0 Å². The minimum Gasteiger partial charge on any atom is -0.339 e. The zero-order valence-corrected chi connectivity index (χ0v) is 12.1. The van der Waals surface area contributed by atoms with Crippen LogP contribution < -0.4 is 5.32 Å². The highest BCUT2D eigenvalue weighted by Crippen LogP contribution is 2.36. The molecule has 4 nitrogen and oxygen atoms in total. The number of hydrogen-bond donors (Lipinski definition) is 1. The lowest BCUT2D eigenvalue weighted by atomic mass is 10.0. The molecule has 2 aromatic rings. The second kappa shape index (κ2) is 5.75. The average Bonchev–Trinajstić information content (AvgIpc) is 3.10. The second-order valence-electron chi connectivity index (χ2n) is 5.56. The first kappa shape index (κ1) is 13.3. The molecule has 0 bridgehead atoms. The Morgan fingerprint density at radius 3 is 3.10 bits per heavy atom. The third-order valence-electron chi connectivity index (χ3n) is 4.21. The Balaban J connectivity index is 1.72. The van der Waals surface area contributed by atoms with Gasteiger partial charge < -0.3 is 9.84 Å². The van der Waals surface area contributed by atoms with Gasteiger partial charge in [-0.05, 0) is 44.4 Å². The van der Waals surface area contributed by atoms with Gasteiger partial charge in [-0.25, -0.2) is 0 Å². The van der Waals surface area contributed by atoms with Crippen LogP contribution in [0.5, 0.6) is 0 Å². The fraction of sp³-hybridized carbons (Fsp3) is 0.500. The number of aromatic nitrogens is 2. The van der Waals surface area contributed by atoms with Crippen molar-refractivity contribution in [3.63, 3.8) is 0 Å². The molecule has 1 aromatic heterocycles. The molecule has 3 rings (SSSR count). The van der Waals surface area contributed by atoms with Crippen molar-refractivity contribution in [2.75, 3.05) is 7.05 Å². The van der Waals surface area contributed by atoms with E-state index >= 15 is 0 Å². The predicted molar refractivity (Wildman–Crippen MR) is 77.7 cm³/mol. The van der Waals surface area contributed by atoms with Crippen LogP contribution in [0.1, 0.15) is 48.5 Å². The van der Waals surface area contributed by atoms with Crippen LogP contribution in [0.4, 0.5) is 0 Å². The molecule has 2 unspecified atom stereocenters. The van der Waals surface area contributed by atoms with Crippen molar-refractivity contribution >= 4 is 0 Å². The molecule has 4 heteroatoms. The normalized spacial score (nSPS) is 19.0. The number of nitrogens with zero attached hydrogens (tertiary/aromatic N) is 2. The van der Waals surface area contributed by atoms with E-state index in [2.05, 4.69) is 46.6 Å². The second-order valence-corrected chi connectivity index (χ2v) is 5.56. The molecule has 20 heavy (non-hydrogen) atoms. The lowest BCUT2D eigenvalue weighted by Crippen LogP contribution is -2.21. The third-order valence-corrected chi connectivity index (χ3v) is 4.21. The molecule has 0 amide bonds. The summed E-state index contributed by atoms with van der Waals surface area (Å²) in [5.41, 5.74) is 2.79. The van der Waals surface area contributed by atoms with Crippen molar-refractivity contribution in [3.8, 4) is 0 Å². The molecule has 1 aromatic carbocycles. The van der Waals surface area contributed by atoms with Crippen LogP contribution in [-0.4, -0.2) is 23.2 Å². The highest BCUT2D eigenvalue weighted by molar-refractivity contribution is 5.38. The van der Waals surface area contributed by atoms with Crippen LogP contribution in [0.2, 0.25) is 0 Å². The number of nitrogens with one attached hydrogen (secondary N) is 1. The molecular formula is C16H21N3O. The summed E-state index contributed by atoms with van der Waals surface area (Å²) in [6.45, 7) is 2.16. The van der Waals surface area contributed by atoms with Gasteiger partial charge in [0.1, 0.15) is 0 Å². The molecule has 1 aliphatic carbocycles. The summed E-state index contributed by atoms with van der Waals surface area (Å²) in [6.07, 6.45) is 4.05. The Bertz CT molecular complexity index is 579. The van der Waals surface area contributed by atoms with E-state index in [0.29, 0.717) is 12.0 Å². The number of rotatable bonds is 5. The Labute approximate surface area is 119 Å². The minimum absolute atomic E-state index is 0.311. The molecular weight excluding hydrogens is 250 g/mol. The first-order valence-electron chi connectivity index (χ1n) is 7.35. The lowest BCUT2D eigenvalue weighted by molar-refractivity contribution is 0.363. The lowest BCUT2D eigenvalue weighted by Gasteiger charge is -2.07. The van der Waals surface area contributed by atoms with Crippen LogP contribution in [0.3, 0.4) is 0 Å². The maximum absolute atomic E-state index is 5.40. The summed E-state index contributed by atoms with van der Waals surface area (Å²) in [7, 11) is 1.97. The van der Waals surface area contributed by atoms with Gasteiger partial charge >= 0.3 is 0 Å². The molecule has 0 radical (unpaired) electrons. The van der Waals surface area contributed by atoms with Gasteiger partial charge in [-0.1, -0.05) is 29.4 Å². The van der Waals surface area contributed by atoms with E-state index in [0.717, 1.165) is 37.4 Å². The van der Waals surface area contributed by atoms with Crippen LogP contribution in [0.15, 0.2) is 28.8 Å². The summed E-state index contributed by atoms with van der Waals surface area (Å²) in [5.74, 6) is 1.92. The van der Waals surface area contributed by atoms with E-state index in [1.165, 1.54) is 11.1 Å². The van der Waals surface area contributed by atoms with Gasteiger partial charge in [0.25, 0.3) is 0 Å². The summed E-state index contributed by atoms with van der Waals surface area (Å²) in [4.78, 5) is 4.59. The monoisotopic (exact) mass is 271 g/mol. The van der Waals surface area contributed by atoms with E-state index in [-0.39, 0.29) is 0 Å². The van der Waals surface area contributed by atoms with Crippen LogP contribution >= 0.6 is 0 Å². The SMILES string of the molecule is CNC(C)CCc1nc(C2CCc3ccccc32)no1. The topological polar surface area (TPSA) is 51.0 Å². The zero-order valence-electron chi connectivity index (χ0n) is 12.1. The van der Waals surface area contributed by atoms with Gasteiger partial charge in [0, 0.05) is 18.4 Å². The summed E-state index contributed by atoms with van der Waals surface area (Å²) in [6, 6.07) is 9.05. The predicted octanol–water partition coefficient (Wildman–Crippen LogP) is 2.69. The zero-order chi connectivity index (χ0) is 13.9. The van der Waals surface area contributed by atoms with E-state index in [9.17, 15) is 0 Å². The van der Waals surface area contributed by atoms with Gasteiger partial charge in [0.2, 0.25) is 5.89 Å². The van der Waals surface area contributed by atoms with Crippen molar-refractivity contribution in [3.05, 3.63) is 47.1 Å². The Morgan fingerprint density at radius 1 is 1.40 bits per heavy atom. The van der Waals surface area contributed by atoms with Crippen molar-refractivity contribution in [2.45, 2.75) is 44.6 Å². The Hall–Kier alpha value is -1.68. The van der Waals surface area contributed by atoms with Crippen molar-refractivity contribution in [1.29, 1.82) is 0 Å². The summed E-state index contributed by atoms with van der Waals surface area (Å²) in [5, 5.41) is 7.41. The minimum atomic E-state index is 0.311. The highest BCUT2D eigenvalue weighted by atomic mass is 16.5. The number of benzene rings is 1. The first-order valence-corrected chi connectivity index (χ1v) is 7.35. The fourth-order valence-electron chi connectivity index (χ4n) is 2.82. The van der Waals surface area contributed by atoms with Crippen LogP contribution in [0, 0.1) is 0 Å². The molecule has 1 N–H and O–H groups in total. The van der Waals surface area contributed by atoms with Crippen molar-refractivity contribution in [1.82, 2.24) is 15.5 Å². The van der Waals surface area contributed by atoms with Gasteiger partial charge in [0.15, 0.2) is 5.82 Å². The Morgan fingerprint density at radius 2 is 2.25 bits per heavy atom. The van der Waals surface area contributed by atoms with Crippen molar-refractivity contribution in [2.24, 2.45) is 0 Å². The van der Waals surface area contributed by atoms with Crippen LogP contribution in [-0.2, 0) is 12.8 Å². The van der Waals surface area contributed by atoms with E-state index in [1.54, 1.807) is 0 Å². The standard InChI is InChI=1S/C16H21N3O/c1-11(17-2)7-10-15-18-16(19-20-15)14-9-8-12-5-3-4-6-13(12)14/h3-6,11,14,17H,7-10H2,1-2H3. The summed E-state index contributed by atoms with van der Waals surface area (Å²) < 4.78 is 5.40. The smallest absolute Gasteiger partial charge is 0.226 e. The quantitative estimate of drug-likeness (QED) is 0.908. The van der Waals surface area contributed by atoms with E-state index < -0.39 is 0 Å². The Kier molecular flexibility index (Phi) is 3.83. The van der Waals surface area contributed by atoms with Gasteiger partial charge in [-0.3, -0.25) is 0 Å². The van der Waals surface area contributed by atoms with Crippen LogP contribution in [0.25, 0.3) is 0 Å². The molecule has 0 saturated carbocycles. The number of fused-ring (bicyclic) bond motifs is 1. The van der Waals surface area contributed by atoms with Gasteiger partial charge in [0.05, 0.1) is 0 Å². The maximum atomic E-state index is 5.40. The van der Waals surface area contributed by atoms with Crippen molar-refractivity contribution < 1.29 is 4.52 Å². The molecule has 0 fully saturated rings. The maximum Gasteiger partial charge on any atom is 0.226 e. The summed E-state index contributed by atoms with van der Waals surface area (Å²) >= 11 is 0. The average molecular weight is 271 g/mol. The van der Waals surface area contributed by atoms with E-state index in [4.69, 9.17) is 4.52 Å². The molecule has 0 saturated heterocycles. The number of aryl methyl sites for hydroxylation is 2. The molecule has 2 atom stereocenters. The fourth-order valence-corrected chi connectivity index (χ4v) is 2.82. The molecule has 1 heterocycles. The van der Waals surface area contributed by atoms with E-state index in [1.807, 2.05) is 7.05 Å². The van der Waals surface area contributed by atoms with Gasteiger partial charge in [-0.2, -0.15) is 4.98 Å². The molecule has 106 valence electrons. The number of hydrogen-bond acceptors (Lipinski definition) is 4. The highest BCUT2D eigenvalue weighted by Gasteiger charge is 2.27. The third kappa shape index (κ3) is 2.61. The first-order chi connectivity index (χ1) is 9.78. The largest absolute Gasteiger partial charge is 0.339 e. The molecule has 0 spiro atoms. The molecule has 1 aliphatic rings.